The molecule has 2 heteroatoms. The largest absolute Gasteiger partial charge is 0.456 e. The molecule has 0 aliphatic heterocycles. The first-order valence-corrected chi connectivity index (χ1v) is 16.4. The Bertz CT molecular complexity index is 3070. The Labute approximate surface area is 275 Å². The van der Waals surface area contributed by atoms with E-state index >= 15 is 0 Å². The molecule has 0 radical (unpaired) electrons. The Kier molecular flexibility index (Phi) is 5.14. The summed E-state index contributed by atoms with van der Waals surface area (Å²) in [5, 5.41) is 14.4. The summed E-state index contributed by atoms with van der Waals surface area (Å²) in [6.07, 6.45) is 0. The summed E-state index contributed by atoms with van der Waals surface area (Å²) in [5.74, 6) is 0. The summed E-state index contributed by atoms with van der Waals surface area (Å²) in [5.41, 5.74) is 8.50. The second-order valence-electron chi connectivity index (χ2n) is 12.8. The van der Waals surface area contributed by atoms with Gasteiger partial charge in [0.15, 0.2) is 0 Å². The van der Waals surface area contributed by atoms with Gasteiger partial charge in [-0.15, -0.1) is 0 Å². The van der Waals surface area contributed by atoms with Crippen LogP contribution in [0.15, 0.2) is 167 Å². The third-order valence-corrected chi connectivity index (χ3v) is 10.2. The van der Waals surface area contributed by atoms with E-state index in [0.29, 0.717) is 0 Å². The zero-order chi connectivity index (χ0) is 31.3. The van der Waals surface area contributed by atoms with E-state index in [0.717, 1.165) is 49.3 Å². The maximum Gasteiger partial charge on any atom is 0.136 e. The van der Waals surface area contributed by atoms with Crippen molar-refractivity contribution in [1.82, 2.24) is 0 Å². The van der Waals surface area contributed by atoms with Crippen molar-refractivity contribution in [3.63, 3.8) is 0 Å². The van der Waals surface area contributed by atoms with Gasteiger partial charge in [0.25, 0.3) is 0 Å². The molecule has 0 bridgehead atoms. The first kappa shape index (κ1) is 25.8. The molecular weight excluding hydrogens is 585 g/mol. The zero-order valence-electron chi connectivity index (χ0n) is 25.8. The van der Waals surface area contributed by atoms with E-state index in [1.165, 1.54) is 60.0 Å². The summed E-state index contributed by atoms with van der Waals surface area (Å²) in [4.78, 5) is 0. The number of hydrogen-bond donors (Lipinski definition) is 0. The van der Waals surface area contributed by atoms with Gasteiger partial charge in [-0.2, -0.15) is 0 Å². The Hall–Kier alpha value is -6.38. The Morgan fingerprint density at radius 2 is 0.854 bits per heavy atom. The molecule has 0 aliphatic rings. The van der Waals surface area contributed by atoms with E-state index in [2.05, 4.69) is 146 Å². The summed E-state index contributed by atoms with van der Waals surface area (Å²) in [6, 6.07) is 56.8. The maximum atomic E-state index is 6.50. The predicted molar refractivity (Wildman–Crippen MR) is 202 cm³/mol. The lowest BCUT2D eigenvalue weighted by Gasteiger charge is -2.16. The topological polar surface area (TPSA) is 26.3 Å². The van der Waals surface area contributed by atoms with Gasteiger partial charge in [-0.1, -0.05) is 115 Å². The molecule has 9 aromatic carbocycles. The first-order chi connectivity index (χ1) is 23.8. The molecular formula is C46H26O2. The van der Waals surface area contributed by atoms with Gasteiger partial charge in [-0.05, 0) is 108 Å². The van der Waals surface area contributed by atoms with Crippen molar-refractivity contribution in [1.29, 1.82) is 0 Å². The van der Waals surface area contributed by atoms with E-state index in [-0.39, 0.29) is 0 Å². The van der Waals surface area contributed by atoms with Crippen molar-refractivity contribution in [2.45, 2.75) is 0 Å². The highest BCUT2D eigenvalue weighted by Gasteiger charge is 2.17. The van der Waals surface area contributed by atoms with Crippen LogP contribution in [0.1, 0.15) is 0 Å². The van der Waals surface area contributed by atoms with Gasteiger partial charge in [0, 0.05) is 21.5 Å². The van der Waals surface area contributed by atoms with Crippen molar-refractivity contribution in [2.24, 2.45) is 0 Å². The number of para-hydroxylation sites is 1. The Balaban J connectivity index is 1.13. The lowest BCUT2D eigenvalue weighted by Crippen LogP contribution is -1.89. The fourth-order valence-electron chi connectivity index (χ4n) is 8.06. The van der Waals surface area contributed by atoms with Gasteiger partial charge in [0.2, 0.25) is 0 Å². The number of benzene rings is 9. The molecule has 11 aromatic rings. The van der Waals surface area contributed by atoms with E-state index in [1.54, 1.807) is 0 Å². The molecule has 0 saturated heterocycles. The smallest absolute Gasteiger partial charge is 0.136 e. The van der Waals surface area contributed by atoms with Gasteiger partial charge in [-0.25, -0.2) is 0 Å². The molecule has 222 valence electrons. The molecule has 0 saturated carbocycles. The SMILES string of the molecule is c1ccc2c(-c3ccc(-c4ccc5oc6cc7c(ccc8oc9ccccc9c87)cc6c5c4)c4ccccc34)c3ccccc3cc2c1. The van der Waals surface area contributed by atoms with E-state index < -0.39 is 0 Å². The monoisotopic (exact) mass is 610 g/mol. The summed E-state index contributed by atoms with van der Waals surface area (Å²) in [6.45, 7) is 0. The van der Waals surface area contributed by atoms with Crippen LogP contribution >= 0.6 is 0 Å². The van der Waals surface area contributed by atoms with E-state index in [1.807, 2.05) is 12.1 Å². The molecule has 2 nitrogen and oxygen atoms in total. The quantitative estimate of drug-likeness (QED) is 0.182. The second-order valence-corrected chi connectivity index (χ2v) is 12.8. The van der Waals surface area contributed by atoms with Crippen LogP contribution < -0.4 is 0 Å². The zero-order valence-corrected chi connectivity index (χ0v) is 25.8. The van der Waals surface area contributed by atoms with Crippen molar-refractivity contribution in [3.8, 4) is 22.3 Å². The molecule has 0 spiro atoms. The molecule has 2 heterocycles. The number of fused-ring (bicyclic) bond motifs is 11. The minimum Gasteiger partial charge on any atom is -0.456 e. The van der Waals surface area contributed by atoms with Crippen LogP contribution in [0.5, 0.6) is 0 Å². The van der Waals surface area contributed by atoms with Crippen LogP contribution in [0.4, 0.5) is 0 Å². The molecule has 0 aliphatic carbocycles. The summed E-state index contributed by atoms with van der Waals surface area (Å²) < 4.78 is 12.7. The van der Waals surface area contributed by atoms with Crippen LogP contribution in [-0.4, -0.2) is 0 Å². The molecule has 0 atom stereocenters. The average molecular weight is 611 g/mol. The average Bonchev–Trinajstić information content (AvgIpc) is 3.70. The molecule has 0 unspecified atom stereocenters. The fraction of sp³-hybridized carbons (Fsp3) is 0. The second kappa shape index (κ2) is 9.57. The van der Waals surface area contributed by atoms with Gasteiger partial charge >= 0.3 is 0 Å². The predicted octanol–water partition coefficient (Wildman–Crippen LogP) is 13.4. The van der Waals surface area contributed by atoms with Gasteiger partial charge in [-0.3, -0.25) is 0 Å². The van der Waals surface area contributed by atoms with E-state index in [4.69, 9.17) is 8.83 Å². The molecule has 0 amide bonds. The third kappa shape index (κ3) is 3.57. The minimum atomic E-state index is 0.885. The lowest BCUT2D eigenvalue weighted by molar-refractivity contribution is 0.669. The standard InChI is InChI=1S/C46H26O2/c1-3-11-32-27(9-1)23-28-10-2-4-12-33(28)45(32)36-20-19-31(34-13-5-6-14-35(34)36)29-17-21-42-39(24-29)40-25-30-18-22-43-46(38(30)26-44(40)48-42)37-15-7-8-16-41(37)47-43/h1-26H. The van der Waals surface area contributed by atoms with Gasteiger partial charge in [0.05, 0.1) is 0 Å². The highest BCUT2D eigenvalue weighted by atomic mass is 16.3. The maximum absolute atomic E-state index is 6.50. The van der Waals surface area contributed by atoms with Crippen molar-refractivity contribution in [2.75, 3.05) is 0 Å². The fourth-order valence-corrected chi connectivity index (χ4v) is 8.06. The van der Waals surface area contributed by atoms with Crippen LogP contribution in [0.3, 0.4) is 0 Å². The molecule has 0 fully saturated rings. The van der Waals surface area contributed by atoms with Gasteiger partial charge in [0.1, 0.15) is 22.3 Å². The molecule has 0 N–H and O–H groups in total. The molecule has 2 aromatic heterocycles. The van der Waals surface area contributed by atoms with Gasteiger partial charge < -0.3 is 8.83 Å². The van der Waals surface area contributed by atoms with E-state index in [9.17, 15) is 0 Å². The highest BCUT2D eigenvalue weighted by Crippen LogP contribution is 2.44. The minimum absolute atomic E-state index is 0.885. The third-order valence-electron chi connectivity index (χ3n) is 10.2. The number of rotatable bonds is 2. The molecule has 11 rings (SSSR count). The highest BCUT2D eigenvalue weighted by molar-refractivity contribution is 6.23. The first-order valence-electron chi connectivity index (χ1n) is 16.4. The normalized spacial score (nSPS) is 12.2. The van der Waals surface area contributed by atoms with Crippen molar-refractivity contribution in [3.05, 3.63) is 158 Å². The Morgan fingerprint density at radius 3 is 1.65 bits per heavy atom. The van der Waals surface area contributed by atoms with Crippen molar-refractivity contribution >= 4 is 87.0 Å². The van der Waals surface area contributed by atoms with Crippen LogP contribution in [-0.2, 0) is 0 Å². The van der Waals surface area contributed by atoms with Crippen LogP contribution in [0.25, 0.3) is 109 Å². The summed E-state index contributed by atoms with van der Waals surface area (Å²) >= 11 is 0. The molecule has 48 heavy (non-hydrogen) atoms. The van der Waals surface area contributed by atoms with Crippen LogP contribution in [0.2, 0.25) is 0 Å². The number of furan rings is 2. The Morgan fingerprint density at radius 1 is 0.292 bits per heavy atom. The lowest BCUT2D eigenvalue weighted by atomic mass is 9.87. The van der Waals surface area contributed by atoms with Crippen LogP contribution in [0, 0.1) is 0 Å². The summed E-state index contributed by atoms with van der Waals surface area (Å²) in [7, 11) is 0. The number of hydrogen-bond acceptors (Lipinski definition) is 2. The van der Waals surface area contributed by atoms with Crippen molar-refractivity contribution < 1.29 is 8.83 Å².